The van der Waals surface area contributed by atoms with Gasteiger partial charge >= 0.3 is 0 Å². The van der Waals surface area contributed by atoms with Crippen LogP contribution in [0.1, 0.15) is 20.3 Å². The summed E-state index contributed by atoms with van der Waals surface area (Å²) in [7, 11) is 0. The molecule has 2 heterocycles. The number of aromatic nitrogens is 6. The Hall–Kier alpha value is -1.80. The summed E-state index contributed by atoms with van der Waals surface area (Å²) in [6.07, 6.45) is 3.51. The Labute approximate surface area is 121 Å². The van der Waals surface area contributed by atoms with E-state index in [4.69, 9.17) is 16.7 Å². The minimum atomic E-state index is 0.0927. The minimum absolute atomic E-state index is 0.0927. The van der Waals surface area contributed by atoms with Crippen molar-refractivity contribution in [3.8, 4) is 5.95 Å². The van der Waals surface area contributed by atoms with E-state index in [9.17, 15) is 0 Å². The summed E-state index contributed by atoms with van der Waals surface area (Å²) in [5.41, 5.74) is 0. The zero-order chi connectivity index (χ0) is 14.5. The molecule has 0 aromatic carbocycles. The number of aliphatic hydroxyl groups is 1. The lowest BCUT2D eigenvalue weighted by Gasteiger charge is -2.26. The third-order valence-corrected chi connectivity index (χ3v) is 2.81. The maximum absolute atomic E-state index is 8.97. The molecule has 8 nitrogen and oxygen atoms in total. The molecule has 0 bridgehead atoms. The van der Waals surface area contributed by atoms with Crippen molar-refractivity contribution in [1.29, 1.82) is 0 Å². The molecule has 2 aromatic heterocycles. The highest BCUT2D eigenvalue weighted by Gasteiger charge is 2.16. The first-order valence-electron chi connectivity index (χ1n) is 6.26. The summed E-state index contributed by atoms with van der Waals surface area (Å²) in [4.78, 5) is 18.3. The van der Waals surface area contributed by atoms with E-state index in [-0.39, 0.29) is 17.9 Å². The Morgan fingerprint density at radius 3 is 2.75 bits per heavy atom. The summed E-state index contributed by atoms with van der Waals surface area (Å²) < 4.78 is 1.42. The highest BCUT2D eigenvalue weighted by molar-refractivity contribution is 6.28. The number of hydrogen-bond acceptors (Lipinski definition) is 7. The van der Waals surface area contributed by atoms with Gasteiger partial charge in [0, 0.05) is 19.2 Å². The lowest BCUT2D eigenvalue weighted by Crippen LogP contribution is -2.34. The second-order valence-corrected chi connectivity index (χ2v) is 4.75. The van der Waals surface area contributed by atoms with Crippen LogP contribution >= 0.6 is 11.6 Å². The van der Waals surface area contributed by atoms with Gasteiger partial charge in [0.2, 0.25) is 11.2 Å². The summed E-state index contributed by atoms with van der Waals surface area (Å²) >= 11 is 5.95. The highest BCUT2D eigenvalue weighted by atomic mass is 35.5. The van der Waals surface area contributed by atoms with Crippen molar-refractivity contribution in [2.24, 2.45) is 0 Å². The molecule has 0 aliphatic carbocycles. The van der Waals surface area contributed by atoms with Crippen molar-refractivity contribution >= 4 is 17.5 Å². The molecule has 1 N–H and O–H groups in total. The smallest absolute Gasteiger partial charge is 0.258 e. The number of anilines is 1. The van der Waals surface area contributed by atoms with Crippen molar-refractivity contribution in [1.82, 2.24) is 29.7 Å². The van der Waals surface area contributed by atoms with Crippen molar-refractivity contribution in [2.75, 3.05) is 18.1 Å². The van der Waals surface area contributed by atoms with Crippen LogP contribution in [0.2, 0.25) is 5.28 Å². The molecule has 0 atom stereocenters. The van der Waals surface area contributed by atoms with E-state index in [0.29, 0.717) is 24.9 Å². The fourth-order valence-electron chi connectivity index (χ4n) is 1.70. The predicted octanol–water partition coefficient (Wildman–Crippen LogP) is 0.703. The largest absolute Gasteiger partial charge is 0.396 e. The van der Waals surface area contributed by atoms with Crippen LogP contribution in [0.4, 0.5) is 5.95 Å². The fraction of sp³-hybridized carbons (Fsp3) is 0.545. The molecule has 0 aliphatic heterocycles. The number of halogens is 1. The van der Waals surface area contributed by atoms with E-state index in [0.717, 1.165) is 0 Å². The van der Waals surface area contributed by atoms with Gasteiger partial charge in [0.15, 0.2) is 0 Å². The zero-order valence-electron chi connectivity index (χ0n) is 11.3. The number of nitrogens with zero attached hydrogens (tertiary/aromatic N) is 7. The van der Waals surface area contributed by atoms with Crippen molar-refractivity contribution in [3.05, 3.63) is 17.9 Å². The van der Waals surface area contributed by atoms with Gasteiger partial charge in [0.25, 0.3) is 5.95 Å². The fourth-order valence-corrected chi connectivity index (χ4v) is 1.85. The second-order valence-electron chi connectivity index (χ2n) is 4.41. The third kappa shape index (κ3) is 3.40. The Morgan fingerprint density at radius 1 is 1.35 bits per heavy atom. The van der Waals surface area contributed by atoms with Gasteiger partial charge in [-0.1, -0.05) is 0 Å². The number of aliphatic hydroxyl groups excluding tert-OH is 1. The molecule has 0 saturated carbocycles. The quantitative estimate of drug-likeness (QED) is 0.839. The summed E-state index contributed by atoms with van der Waals surface area (Å²) in [6, 6.07) is 0.170. The van der Waals surface area contributed by atoms with Crippen LogP contribution < -0.4 is 4.90 Å². The maximum atomic E-state index is 8.97. The molecule has 0 amide bonds. The molecular formula is C11H16ClN7O. The normalized spacial score (nSPS) is 11.1. The van der Waals surface area contributed by atoms with Crippen molar-refractivity contribution < 1.29 is 5.11 Å². The van der Waals surface area contributed by atoms with E-state index >= 15 is 0 Å². The summed E-state index contributed by atoms with van der Waals surface area (Å²) in [5, 5.41) is 13.0. The molecule has 2 rings (SSSR count). The minimum Gasteiger partial charge on any atom is -0.396 e. The van der Waals surface area contributed by atoms with E-state index in [1.165, 1.54) is 17.3 Å². The van der Waals surface area contributed by atoms with Gasteiger partial charge in [-0.15, -0.1) is 0 Å². The van der Waals surface area contributed by atoms with Crippen LogP contribution in [0.3, 0.4) is 0 Å². The summed E-state index contributed by atoms with van der Waals surface area (Å²) in [5.74, 6) is 0.770. The standard InChI is InChI=1S/C11H16ClN7O/c1-8(2)18(4-3-5-20)10-15-9(12)16-11(17-10)19-7-13-6-14-19/h6-8,20H,3-5H2,1-2H3. The van der Waals surface area contributed by atoms with Gasteiger partial charge in [0.05, 0.1) is 0 Å². The van der Waals surface area contributed by atoms with E-state index in [1.54, 1.807) is 0 Å². The molecule has 0 spiro atoms. The Morgan fingerprint density at radius 2 is 2.15 bits per heavy atom. The monoisotopic (exact) mass is 297 g/mol. The Bertz CT molecular complexity index is 546. The molecular weight excluding hydrogens is 282 g/mol. The van der Waals surface area contributed by atoms with Crippen LogP contribution in [-0.2, 0) is 0 Å². The molecule has 108 valence electrons. The van der Waals surface area contributed by atoms with Crippen LogP contribution in [0.25, 0.3) is 5.95 Å². The highest BCUT2D eigenvalue weighted by Crippen LogP contribution is 2.15. The van der Waals surface area contributed by atoms with E-state index < -0.39 is 0 Å². The Balaban J connectivity index is 2.34. The average Bonchev–Trinajstić information content (AvgIpc) is 2.92. The lowest BCUT2D eigenvalue weighted by atomic mass is 10.3. The first-order chi connectivity index (χ1) is 9.61. The van der Waals surface area contributed by atoms with Gasteiger partial charge in [-0.05, 0) is 31.9 Å². The molecule has 0 aliphatic rings. The maximum Gasteiger partial charge on any atom is 0.258 e. The predicted molar refractivity (Wildman–Crippen MR) is 73.9 cm³/mol. The molecule has 9 heteroatoms. The lowest BCUT2D eigenvalue weighted by molar-refractivity contribution is 0.288. The first kappa shape index (κ1) is 14.6. The summed E-state index contributed by atoms with van der Waals surface area (Å²) in [6.45, 7) is 4.78. The second kappa shape index (κ2) is 6.58. The molecule has 2 aromatic rings. The van der Waals surface area contributed by atoms with Crippen molar-refractivity contribution in [3.63, 3.8) is 0 Å². The van der Waals surface area contributed by atoms with Gasteiger partial charge in [-0.2, -0.15) is 24.7 Å². The van der Waals surface area contributed by atoms with E-state index in [1.807, 2.05) is 18.7 Å². The SMILES string of the molecule is CC(C)N(CCCO)c1nc(Cl)nc(-n2cncn2)n1. The van der Waals surface area contributed by atoms with Crippen LogP contribution in [0, 0.1) is 0 Å². The molecule has 0 radical (unpaired) electrons. The first-order valence-corrected chi connectivity index (χ1v) is 6.63. The van der Waals surface area contributed by atoms with Gasteiger partial charge < -0.3 is 10.0 Å². The zero-order valence-corrected chi connectivity index (χ0v) is 12.1. The topological polar surface area (TPSA) is 92.8 Å². The number of hydrogen-bond donors (Lipinski definition) is 1. The van der Waals surface area contributed by atoms with Gasteiger partial charge in [0.1, 0.15) is 12.7 Å². The van der Waals surface area contributed by atoms with Crippen LogP contribution in [-0.4, -0.2) is 54.0 Å². The van der Waals surface area contributed by atoms with Gasteiger partial charge in [-0.25, -0.2) is 4.98 Å². The van der Waals surface area contributed by atoms with Crippen LogP contribution in [0.5, 0.6) is 0 Å². The van der Waals surface area contributed by atoms with Crippen LogP contribution in [0.15, 0.2) is 12.7 Å². The molecule has 20 heavy (non-hydrogen) atoms. The third-order valence-electron chi connectivity index (χ3n) is 2.65. The molecule has 0 fully saturated rings. The molecule has 0 unspecified atom stereocenters. The van der Waals surface area contributed by atoms with Gasteiger partial charge in [-0.3, -0.25) is 0 Å². The average molecular weight is 298 g/mol. The Kier molecular flexibility index (Phi) is 4.80. The number of rotatable bonds is 6. The van der Waals surface area contributed by atoms with Crippen molar-refractivity contribution in [2.45, 2.75) is 26.3 Å². The molecule has 0 saturated heterocycles. The van der Waals surface area contributed by atoms with E-state index in [2.05, 4.69) is 25.0 Å².